The lowest BCUT2D eigenvalue weighted by molar-refractivity contribution is -0.116. The summed E-state index contributed by atoms with van der Waals surface area (Å²) in [6, 6.07) is 0. The van der Waals surface area contributed by atoms with Crippen LogP contribution in [-0.2, 0) is 11.3 Å². The summed E-state index contributed by atoms with van der Waals surface area (Å²) in [5, 5.41) is 15.8. The Morgan fingerprint density at radius 3 is 2.81 bits per heavy atom. The van der Waals surface area contributed by atoms with Crippen LogP contribution in [0.2, 0.25) is 0 Å². The molecule has 0 radical (unpaired) electrons. The number of carbonyl (C=O) groups is 1. The molecule has 2 N–H and O–H groups in total. The Kier molecular flexibility index (Phi) is 5.72. The van der Waals surface area contributed by atoms with Gasteiger partial charge in [0.1, 0.15) is 0 Å². The van der Waals surface area contributed by atoms with Gasteiger partial charge < -0.3 is 10.4 Å². The number of rotatable bonds is 7. The van der Waals surface area contributed by atoms with Crippen LogP contribution in [-0.4, -0.2) is 35.7 Å². The molecule has 1 saturated carbocycles. The number of aliphatic hydroxyl groups excluding tert-OH is 1. The van der Waals surface area contributed by atoms with Crippen molar-refractivity contribution in [3.8, 4) is 0 Å². The van der Waals surface area contributed by atoms with Crippen LogP contribution in [0.4, 0.5) is 5.13 Å². The lowest BCUT2D eigenvalue weighted by Gasteiger charge is -2.26. The normalized spacial score (nSPS) is 17.1. The van der Waals surface area contributed by atoms with Gasteiger partial charge in [0.05, 0.1) is 5.69 Å². The first kappa shape index (κ1) is 16.4. The minimum absolute atomic E-state index is 0.0246. The van der Waals surface area contributed by atoms with Crippen LogP contribution in [0.25, 0.3) is 0 Å². The maximum atomic E-state index is 11.5. The highest BCUT2D eigenvalue weighted by Gasteiger charge is 2.32. The molecule has 0 spiro atoms. The number of hydrogen-bond acceptors (Lipinski definition) is 5. The molecule has 1 fully saturated rings. The van der Waals surface area contributed by atoms with Crippen molar-refractivity contribution in [2.45, 2.75) is 46.1 Å². The summed E-state index contributed by atoms with van der Waals surface area (Å²) in [5.41, 5.74) is 1.02. The van der Waals surface area contributed by atoms with Crippen molar-refractivity contribution in [1.29, 1.82) is 0 Å². The molecule has 1 heterocycles. The fourth-order valence-electron chi connectivity index (χ4n) is 2.97. The highest BCUT2D eigenvalue weighted by molar-refractivity contribution is 7.14. The molecular weight excluding hydrogens is 286 g/mol. The Bertz CT molecular complexity index is 469. The molecule has 0 bridgehead atoms. The second-order valence-electron chi connectivity index (χ2n) is 5.85. The van der Waals surface area contributed by atoms with Crippen LogP contribution in [0, 0.1) is 5.41 Å². The Hall–Kier alpha value is -0.980. The zero-order chi connectivity index (χ0) is 15.3. The third kappa shape index (κ3) is 4.02. The Labute approximate surface area is 130 Å². The van der Waals surface area contributed by atoms with E-state index in [4.69, 9.17) is 0 Å². The average molecular weight is 311 g/mol. The number of nitrogens with one attached hydrogen (secondary N) is 1. The van der Waals surface area contributed by atoms with Crippen molar-refractivity contribution in [3.05, 3.63) is 11.1 Å². The number of carbonyl (C=O) groups excluding carboxylic acids is 1. The Morgan fingerprint density at radius 2 is 2.24 bits per heavy atom. The van der Waals surface area contributed by atoms with Crippen molar-refractivity contribution in [2.24, 2.45) is 5.41 Å². The van der Waals surface area contributed by atoms with Gasteiger partial charge in [-0.05, 0) is 19.8 Å². The van der Waals surface area contributed by atoms with E-state index in [1.165, 1.54) is 24.2 Å². The number of aromatic nitrogens is 1. The molecule has 0 unspecified atom stereocenters. The van der Waals surface area contributed by atoms with Gasteiger partial charge in [0.15, 0.2) is 5.13 Å². The first-order valence-electron chi connectivity index (χ1n) is 7.64. The van der Waals surface area contributed by atoms with Crippen LogP contribution in [0.1, 0.15) is 45.2 Å². The van der Waals surface area contributed by atoms with E-state index in [-0.39, 0.29) is 17.9 Å². The fourth-order valence-corrected chi connectivity index (χ4v) is 3.90. The van der Waals surface area contributed by atoms with Gasteiger partial charge in [-0.1, -0.05) is 12.8 Å². The maximum absolute atomic E-state index is 11.5. The van der Waals surface area contributed by atoms with Gasteiger partial charge >= 0.3 is 0 Å². The van der Waals surface area contributed by atoms with Crippen molar-refractivity contribution in [2.75, 3.05) is 24.6 Å². The molecule has 5 nitrogen and oxygen atoms in total. The molecule has 0 aliphatic heterocycles. The maximum Gasteiger partial charge on any atom is 0.225 e. The van der Waals surface area contributed by atoms with Gasteiger partial charge in [-0.3, -0.25) is 9.69 Å². The molecule has 1 aliphatic carbocycles. The number of thiazole rings is 1. The van der Waals surface area contributed by atoms with E-state index in [2.05, 4.69) is 10.3 Å². The molecule has 0 saturated heterocycles. The predicted octanol–water partition coefficient (Wildman–Crippen LogP) is 2.16. The standard InChI is InChI=1S/C15H25N3O2S/c1-3-18(12(2)20)14-17-13(9-21-14)8-16-10-15(11-19)6-4-5-7-15/h9,16,19H,3-8,10-11H2,1-2H3. The van der Waals surface area contributed by atoms with Gasteiger partial charge in [-0.15, -0.1) is 11.3 Å². The molecule has 6 heteroatoms. The van der Waals surface area contributed by atoms with Crippen LogP contribution < -0.4 is 10.2 Å². The quantitative estimate of drug-likeness (QED) is 0.810. The van der Waals surface area contributed by atoms with Crippen molar-refractivity contribution in [1.82, 2.24) is 10.3 Å². The van der Waals surface area contributed by atoms with Gasteiger partial charge in [-0.25, -0.2) is 4.98 Å². The summed E-state index contributed by atoms with van der Waals surface area (Å²) in [4.78, 5) is 17.7. The molecule has 1 aromatic heterocycles. The highest BCUT2D eigenvalue weighted by atomic mass is 32.1. The van der Waals surface area contributed by atoms with Crippen molar-refractivity contribution in [3.63, 3.8) is 0 Å². The van der Waals surface area contributed by atoms with Gasteiger partial charge in [0.2, 0.25) is 5.91 Å². The van der Waals surface area contributed by atoms with E-state index >= 15 is 0 Å². The summed E-state index contributed by atoms with van der Waals surface area (Å²) in [5.74, 6) is 0.0246. The molecule has 0 atom stereocenters. The summed E-state index contributed by atoms with van der Waals surface area (Å²) < 4.78 is 0. The molecule has 1 aromatic rings. The van der Waals surface area contributed by atoms with Crippen LogP contribution in [0.3, 0.4) is 0 Å². The average Bonchev–Trinajstić information content (AvgIpc) is 3.10. The van der Waals surface area contributed by atoms with E-state index in [0.717, 1.165) is 30.2 Å². The number of hydrogen-bond donors (Lipinski definition) is 2. The highest BCUT2D eigenvalue weighted by Crippen LogP contribution is 2.36. The van der Waals surface area contributed by atoms with Crippen molar-refractivity contribution < 1.29 is 9.90 Å². The summed E-state index contributed by atoms with van der Waals surface area (Å²) in [6.45, 7) is 5.94. The molecule has 21 heavy (non-hydrogen) atoms. The van der Waals surface area contributed by atoms with Crippen LogP contribution in [0.15, 0.2) is 5.38 Å². The minimum atomic E-state index is 0.0246. The molecule has 118 valence electrons. The zero-order valence-corrected chi connectivity index (χ0v) is 13.7. The minimum Gasteiger partial charge on any atom is -0.396 e. The molecule has 1 aliphatic rings. The smallest absolute Gasteiger partial charge is 0.225 e. The molecule has 0 aromatic carbocycles. The fraction of sp³-hybridized carbons (Fsp3) is 0.733. The molecule has 1 amide bonds. The van der Waals surface area contributed by atoms with E-state index < -0.39 is 0 Å². The molecule has 2 rings (SSSR count). The number of anilines is 1. The van der Waals surface area contributed by atoms with Crippen molar-refractivity contribution >= 4 is 22.4 Å². The Balaban J connectivity index is 1.87. The van der Waals surface area contributed by atoms with Crippen LogP contribution >= 0.6 is 11.3 Å². The van der Waals surface area contributed by atoms with E-state index in [9.17, 15) is 9.90 Å². The topological polar surface area (TPSA) is 65.5 Å². The summed E-state index contributed by atoms with van der Waals surface area (Å²) >= 11 is 1.50. The largest absolute Gasteiger partial charge is 0.396 e. The first-order valence-corrected chi connectivity index (χ1v) is 8.52. The second-order valence-corrected chi connectivity index (χ2v) is 6.69. The zero-order valence-electron chi connectivity index (χ0n) is 12.9. The molecular formula is C15H25N3O2S. The number of aliphatic hydroxyl groups is 1. The van der Waals surface area contributed by atoms with E-state index in [0.29, 0.717) is 13.1 Å². The third-order valence-electron chi connectivity index (χ3n) is 4.27. The predicted molar refractivity (Wildman–Crippen MR) is 85.5 cm³/mol. The first-order chi connectivity index (χ1) is 10.1. The van der Waals surface area contributed by atoms with E-state index in [1.54, 1.807) is 11.8 Å². The lowest BCUT2D eigenvalue weighted by atomic mass is 9.87. The SMILES string of the molecule is CCN(C(C)=O)c1nc(CNCC2(CO)CCCC2)cs1. The van der Waals surface area contributed by atoms with Gasteiger partial charge in [-0.2, -0.15) is 0 Å². The van der Waals surface area contributed by atoms with Crippen LogP contribution in [0.5, 0.6) is 0 Å². The summed E-state index contributed by atoms with van der Waals surface area (Å²) in [7, 11) is 0. The lowest BCUT2D eigenvalue weighted by Crippen LogP contribution is -2.35. The Morgan fingerprint density at radius 1 is 1.52 bits per heavy atom. The van der Waals surface area contributed by atoms with E-state index in [1.807, 2.05) is 12.3 Å². The second kappa shape index (κ2) is 7.33. The van der Waals surface area contributed by atoms with Gasteiger partial charge in [0, 0.05) is 44.0 Å². The van der Waals surface area contributed by atoms with Gasteiger partial charge in [0.25, 0.3) is 0 Å². The number of nitrogens with zero attached hydrogens (tertiary/aromatic N) is 2. The number of amides is 1. The monoisotopic (exact) mass is 311 g/mol. The third-order valence-corrected chi connectivity index (χ3v) is 5.19. The summed E-state index contributed by atoms with van der Waals surface area (Å²) in [6.07, 6.45) is 4.64.